The number of anilines is 2. The molecule has 0 bridgehead atoms. The quantitative estimate of drug-likeness (QED) is 0.927. The SMILES string of the molecule is CC1CN(c2ccncc2)CCN1C(=O)Nc1ccccc1. The van der Waals surface area contributed by atoms with E-state index >= 15 is 0 Å². The summed E-state index contributed by atoms with van der Waals surface area (Å²) in [5, 5.41) is 2.96. The van der Waals surface area contributed by atoms with E-state index in [1.165, 1.54) is 0 Å². The molecule has 1 fully saturated rings. The van der Waals surface area contributed by atoms with E-state index in [0.29, 0.717) is 6.54 Å². The standard InChI is InChI=1S/C17H20N4O/c1-14-13-20(16-7-9-18-10-8-16)11-12-21(14)17(22)19-15-5-3-2-4-6-15/h2-10,14H,11-13H2,1H3,(H,19,22). The summed E-state index contributed by atoms with van der Waals surface area (Å²) in [4.78, 5) is 20.6. The molecule has 1 aromatic heterocycles. The molecule has 1 saturated heterocycles. The van der Waals surface area contributed by atoms with E-state index in [9.17, 15) is 4.79 Å². The molecule has 114 valence electrons. The van der Waals surface area contributed by atoms with E-state index in [1.807, 2.05) is 47.4 Å². The Kier molecular flexibility index (Phi) is 4.23. The molecule has 1 N–H and O–H groups in total. The van der Waals surface area contributed by atoms with Crippen molar-refractivity contribution in [2.75, 3.05) is 29.9 Å². The molecule has 5 nitrogen and oxygen atoms in total. The Balaban J connectivity index is 1.62. The highest BCUT2D eigenvalue weighted by atomic mass is 16.2. The number of hydrogen-bond acceptors (Lipinski definition) is 3. The average molecular weight is 296 g/mol. The molecule has 0 radical (unpaired) electrons. The van der Waals surface area contributed by atoms with Crippen LogP contribution in [-0.2, 0) is 0 Å². The molecule has 2 heterocycles. The fourth-order valence-electron chi connectivity index (χ4n) is 2.77. The predicted octanol–water partition coefficient (Wildman–Crippen LogP) is 2.82. The lowest BCUT2D eigenvalue weighted by Crippen LogP contribution is -2.55. The van der Waals surface area contributed by atoms with Crippen molar-refractivity contribution in [1.29, 1.82) is 0 Å². The van der Waals surface area contributed by atoms with E-state index in [0.717, 1.165) is 24.5 Å². The van der Waals surface area contributed by atoms with Crippen LogP contribution in [0, 0.1) is 0 Å². The first kappa shape index (κ1) is 14.4. The van der Waals surface area contributed by atoms with Gasteiger partial charge in [-0.1, -0.05) is 18.2 Å². The summed E-state index contributed by atoms with van der Waals surface area (Å²) in [6, 6.07) is 13.7. The van der Waals surface area contributed by atoms with Gasteiger partial charge in [-0.25, -0.2) is 4.79 Å². The zero-order valence-electron chi connectivity index (χ0n) is 12.6. The maximum Gasteiger partial charge on any atom is 0.322 e. The molecule has 1 aliphatic rings. The fourth-order valence-corrected chi connectivity index (χ4v) is 2.77. The molecule has 0 spiro atoms. The highest BCUT2D eigenvalue weighted by Gasteiger charge is 2.27. The Morgan fingerprint density at radius 2 is 1.86 bits per heavy atom. The summed E-state index contributed by atoms with van der Waals surface area (Å²) in [6.07, 6.45) is 3.60. The fraction of sp³-hybridized carbons (Fsp3) is 0.294. The van der Waals surface area contributed by atoms with Gasteiger partial charge in [0, 0.05) is 49.4 Å². The van der Waals surface area contributed by atoms with Crippen molar-refractivity contribution in [1.82, 2.24) is 9.88 Å². The van der Waals surface area contributed by atoms with Gasteiger partial charge in [-0.2, -0.15) is 0 Å². The zero-order chi connectivity index (χ0) is 15.4. The number of nitrogens with zero attached hydrogens (tertiary/aromatic N) is 3. The van der Waals surface area contributed by atoms with Crippen molar-refractivity contribution in [2.45, 2.75) is 13.0 Å². The lowest BCUT2D eigenvalue weighted by atomic mass is 10.2. The van der Waals surface area contributed by atoms with Gasteiger partial charge in [0.1, 0.15) is 0 Å². The molecule has 1 aliphatic heterocycles. The van der Waals surface area contributed by atoms with Crippen LogP contribution in [0.15, 0.2) is 54.9 Å². The average Bonchev–Trinajstić information content (AvgIpc) is 2.56. The number of benzene rings is 1. The molecular formula is C17H20N4O. The number of piperazine rings is 1. The van der Waals surface area contributed by atoms with E-state index < -0.39 is 0 Å². The van der Waals surface area contributed by atoms with Crippen molar-refractivity contribution in [2.24, 2.45) is 0 Å². The van der Waals surface area contributed by atoms with E-state index in [2.05, 4.69) is 22.1 Å². The highest BCUT2D eigenvalue weighted by Crippen LogP contribution is 2.19. The maximum absolute atomic E-state index is 12.4. The summed E-state index contributed by atoms with van der Waals surface area (Å²) >= 11 is 0. The summed E-state index contributed by atoms with van der Waals surface area (Å²) in [7, 11) is 0. The third kappa shape index (κ3) is 3.19. The van der Waals surface area contributed by atoms with Crippen LogP contribution in [0.4, 0.5) is 16.2 Å². The number of hydrogen-bond donors (Lipinski definition) is 1. The van der Waals surface area contributed by atoms with E-state index in [1.54, 1.807) is 12.4 Å². The Morgan fingerprint density at radius 3 is 2.55 bits per heavy atom. The van der Waals surface area contributed by atoms with Gasteiger partial charge in [0.05, 0.1) is 0 Å². The molecule has 5 heteroatoms. The van der Waals surface area contributed by atoms with Crippen LogP contribution >= 0.6 is 0 Å². The van der Waals surface area contributed by atoms with Gasteiger partial charge >= 0.3 is 6.03 Å². The van der Waals surface area contributed by atoms with Gasteiger partial charge in [0.2, 0.25) is 0 Å². The summed E-state index contributed by atoms with van der Waals surface area (Å²) in [6.45, 7) is 4.45. The third-order valence-electron chi connectivity index (χ3n) is 3.94. The number of carbonyl (C=O) groups excluding carboxylic acids is 1. The number of carbonyl (C=O) groups is 1. The number of rotatable bonds is 2. The van der Waals surface area contributed by atoms with Gasteiger partial charge < -0.3 is 15.1 Å². The van der Waals surface area contributed by atoms with Gasteiger partial charge in [-0.3, -0.25) is 4.98 Å². The first-order chi connectivity index (χ1) is 10.7. The number of nitrogens with one attached hydrogen (secondary N) is 1. The number of pyridine rings is 1. The number of urea groups is 1. The molecule has 0 aliphatic carbocycles. The first-order valence-electron chi connectivity index (χ1n) is 7.51. The zero-order valence-corrected chi connectivity index (χ0v) is 12.6. The van der Waals surface area contributed by atoms with Gasteiger partial charge in [0.15, 0.2) is 0 Å². The number of aromatic nitrogens is 1. The van der Waals surface area contributed by atoms with E-state index in [4.69, 9.17) is 0 Å². The van der Waals surface area contributed by atoms with Crippen molar-refractivity contribution < 1.29 is 4.79 Å². The predicted molar refractivity (Wildman–Crippen MR) is 88.1 cm³/mol. The summed E-state index contributed by atoms with van der Waals surface area (Å²) < 4.78 is 0. The smallest absolute Gasteiger partial charge is 0.322 e. The minimum atomic E-state index is -0.0342. The van der Waals surface area contributed by atoms with Crippen molar-refractivity contribution in [3.63, 3.8) is 0 Å². The third-order valence-corrected chi connectivity index (χ3v) is 3.94. The Labute approximate surface area is 130 Å². The minimum absolute atomic E-state index is 0.0342. The topological polar surface area (TPSA) is 48.5 Å². The normalized spacial score (nSPS) is 18.1. The second-order valence-corrected chi connectivity index (χ2v) is 5.49. The lowest BCUT2D eigenvalue weighted by molar-refractivity contribution is 0.185. The molecular weight excluding hydrogens is 276 g/mol. The second-order valence-electron chi connectivity index (χ2n) is 5.49. The highest BCUT2D eigenvalue weighted by molar-refractivity contribution is 5.89. The lowest BCUT2D eigenvalue weighted by Gasteiger charge is -2.40. The molecule has 3 rings (SSSR count). The van der Waals surface area contributed by atoms with Crippen LogP contribution in [0.2, 0.25) is 0 Å². The van der Waals surface area contributed by atoms with Crippen LogP contribution in [0.1, 0.15) is 6.92 Å². The summed E-state index contributed by atoms with van der Waals surface area (Å²) in [5.74, 6) is 0. The van der Waals surface area contributed by atoms with Crippen LogP contribution in [0.25, 0.3) is 0 Å². The van der Waals surface area contributed by atoms with Crippen LogP contribution in [0.3, 0.4) is 0 Å². The number of amides is 2. The Bertz CT molecular complexity index is 617. The monoisotopic (exact) mass is 296 g/mol. The molecule has 1 aromatic carbocycles. The van der Waals surface area contributed by atoms with Crippen molar-refractivity contribution in [3.8, 4) is 0 Å². The van der Waals surface area contributed by atoms with Gasteiger partial charge in [-0.05, 0) is 31.2 Å². The Hall–Kier alpha value is -2.56. The van der Waals surface area contributed by atoms with Crippen molar-refractivity contribution in [3.05, 3.63) is 54.9 Å². The largest absolute Gasteiger partial charge is 0.368 e. The van der Waals surface area contributed by atoms with Gasteiger partial charge in [0.25, 0.3) is 0 Å². The Morgan fingerprint density at radius 1 is 1.14 bits per heavy atom. The molecule has 2 aromatic rings. The van der Waals surface area contributed by atoms with E-state index in [-0.39, 0.29) is 12.1 Å². The molecule has 1 unspecified atom stereocenters. The summed E-state index contributed by atoms with van der Waals surface area (Å²) in [5.41, 5.74) is 1.99. The molecule has 22 heavy (non-hydrogen) atoms. The van der Waals surface area contributed by atoms with Crippen LogP contribution in [0.5, 0.6) is 0 Å². The molecule has 2 amide bonds. The number of para-hydroxylation sites is 1. The molecule has 1 atom stereocenters. The molecule has 0 saturated carbocycles. The van der Waals surface area contributed by atoms with Crippen LogP contribution < -0.4 is 10.2 Å². The minimum Gasteiger partial charge on any atom is -0.368 e. The van der Waals surface area contributed by atoms with Gasteiger partial charge in [-0.15, -0.1) is 0 Å². The maximum atomic E-state index is 12.4. The van der Waals surface area contributed by atoms with Crippen LogP contribution in [-0.4, -0.2) is 41.6 Å². The van der Waals surface area contributed by atoms with Crippen molar-refractivity contribution >= 4 is 17.4 Å². The first-order valence-corrected chi connectivity index (χ1v) is 7.51. The second kappa shape index (κ2) is 6.47.